The maximum absolute atomic E-state index is 12.3. The summed E-state index contributed by atoms with van der Waals surface area (Å²) in [4.78, 5) is 19.1. The van der Waals surface area contributed by atoms with Crippen LogP contribution in [0.3, 0.4) is 0 Å². The number of pyridine rings is 1. The first-order valence-corrected chi connectivity index (χ1v) is 10.5. The topological polar surface area (TPSA) is 68.7 Å². The summed E-state index contributed by atoms with van der Waals surface area (Å²) in [6.07, 6.45) is -0.310. The fourth-order valence-electron chi connectivity index (χ4n) is 3.96. The van der Waals surface area contributed by atoms with Gasteiger partial charge in [-0.15, -0.1) is 11.3 Å². The van der Waals surface area contributed by atoms with Crippen LogP contribution in [0, 0.1) is 13.8 Å². The number of benzene rings is 1. The Kier molecular flexibility index (Phi) is 4.87. The van der Waals surface area contributed by atoms with Crippen molar-refractivity contribution in [3.05, 3.63) is 46.0 Å². The van der Waals surface area contributed by atoms with Crippen molar-refractivity contribution in [2.75, 3.05) is 6.61 Å². The summed E-state index contributed by atoms with van der Waals surface area (Å²) >= 11 is 1.62. The summed E-state index contributed by atoms with van der Waals surface area (Å²) in [5, 5.41) is 11.1. The lowest BCUT2D eigenvalue weighted by molar-refractivity contribution is -0.160. The summed E-state index contributed by atoms with van der Waals surface area (Å²) in [5.74, 6) is -0.146. The Morgan fingerprint density at radius 1 is 1.31 bits per heavy atom. The van der Waals surface area contributed by atoms with Gasteiger partial charge in [0.25, 0.3) is 0 Å². The van der Waals surface area contributed by atoms with Gasteiger partial charge in [-0.05, 0) is 52.3 Å². The number of aryl methyl sites for hydroxylation is 2. The van der Waals surface area contributed by atoms with E-state index in [-0.39, 0.29) is 0 Å². The van der Waals surface area contributed by atoms with Crippen LogP contribution in [-0.2, 0) is 16.0 Å². The number of carbonyl (C=O) groups is 1. The van der Waals surface area contributed by atoms with Crippen LogP contribution >= 0.6 is 11.3 Å². The first-order chi connectivity index (χ1) is 13.7. The predicted octanol–water partition coefficient (Wildman–Crippen LogP) is 5.46. The standard InChI is InChI=1S/C23H25NO4S/c1-12-11-16-19(15-7-6-8-17-14(15)9-10-27-17)18(13(2)24-21(16)29-12)20(22(25)26)28-23(3,4)5/h6-8,11,20H,9-10H2,1-5H3,(H,25,26)/t20-/m0/s1. The van der Waals surface area contributed by atoms with Crippen molar-refractivity contribution in [2.45, 2.75) is 52.7 Å². The molecule has 0 unspecified atom stereocenters. The molecule has 3 heterocycles. The average Bonchev–Trinajstić information content (AvgIpc) is 3.23. The molecule has 29 heavy (non-hydrogen) atoms. The Morgan fingerprint density at radius 2 is 2.07 bits per heavy atom. The van der Waals surface area contributed by atoms with Gasteiger partial charge in [0, 0.05) is 39.1 Å². The van der Waals surface area contributed by atoms with E-state index in [0.717, 1.165) is 44.0 Å². The van der Waals surface area contributed by atoms with E-state index < -0.39 is 17.7 Å². The number of carboxylic acid groups (broad SMARTS) is 1. The number of aliphatic carboxylic acids is 1. The van der Waals surface area contributed by atoms with Crippen LogP contribution in [0.5, 0.6) is 5.75 Å². The van der Waals surface area contributed by atoms with E-state index in [1.54, 1.807) is 11.3 Å². The molecule has 1 atom stereocenters. The zero-order chi connectivity index (χ0) is 20.9. The molecule has 0 fully saturated rings. The van der Waals surface area contributed by atoms with Gasteiger partial charge in [-0.1, -0.05) is 12.1 Å². The molecular weight excluding hydrogens is 386 g/mol. The molecular formula is C23H25NO4S. The maximum atomic E-state index is 12.3. The molecule has 6 heteroatoms. The monoisotopic (exact) mass is 411 g/mol. The quantitative estimate of drug-likeness (QED) is 0.618. The van der Waals surface area contributed by atoms with Crippen LogP contribution in [0.2, 0.25) is 0 Å². The number of ether oxygens (including phenoxy) is 2. The van der Waals surface area contributed by atoms with Crippen LogP contribution in [0.4, 0.5) is 0 Å². The number of nitrogens with zero attached hydrogens (tertiary/aromatic N) is 1. The molecule has 0 saturated heterocycles. The van der Waals surface area contributed by atoms with Gasteiger partial charge in [0.15, 0.2) is 6.10 Å². The van der Waals surface area contributed by atoms with Crippen LogP contribution in [0.1, 0.15) is 48.6 Å². The smallest absolute Gasteiger partial charge is 0.337 e. The highest BCUT2D eigenvalue weighted by Gasteiger charge is 2.33. The van der Waals surface area contributed by atoms with Gasteiger partial charge in [0.1, 0.15) is 10.6 Å². The Hall–Kier alpha value is -2.44. The largest absolute Gasteiger partial charge is 0.493 e. The Bertz CT molecular complexity index is 1110. The summed E-state index contributed by atoms with van der Waals surface area (Å²) in [5.41, 5.74) is 3.71. The van der Waals surface area contributed by atoms with Gasteiger partial charge >= 0.3 is 5.97 Å². The molecule has 0 saturated carbocycles. The van der Waals surface area contributed by atoms with Gasteiger partial charge in [0.2, 0.25) is 0 Å². The lowest BCUT2D eigenvalue weighted by atomic mass is 9.89. The second kappa shape index (κ2) is 7.11. The first kappa shape index (κ1) is 19.9. The van der Waals surface area contributed by atoms with Crippen LogP contribution in [0.25, 0.3) is 21.3 Å². The van der Waals surface area contributed by atoms with Gasteiger partial charge < -0.3 is 14.6 Å². The van der Waals surface area contributed by atoms with Crippen molar-refractivity contribution in [1.29, 1.82) is 0 Å². The molecule has 1 aromatic carbocycles. The van der Waals surface area contributed by atoms with E-state index in [1.165, 1.54) is 0 Å². The summed E-state index contributed by atoms with van der Waals surface area (Å²) in [6.45, 7) is 10.2. The van der Waals surface area contributed by atoms with E-state index in [2.05, 4.69) is 6.07 Å². The normalized spacial score (nSPS) is 14.7. The lowest BCUT2D eigenvalue weighted by Gasteiger charge is -2.28. The van der Waals surface area contributed by atoms with Crippen molar-refractivity contribution < 1.29 is 19.4 Å². The number of hydrogen-bond acceptors (Lipinski definition) is 5. The van der Waals surface area contributed by atoms with Gasteiger partial charge in [-0.2, -0.15) is 0 Å². The molecule has 2 aromatic heterocycles. The molecule has 0 bridgehead atoms. The Labute approximate surface area is 174 Å². The number of thiophene rings is 1. The molecule has 1 aliphatic rings. The third-order valence-electron chi connectivity index (χ3n) is 5.00. The lowest BCUT2D eigenvalue weighted by Crippen LogP contribution is -2.28. The minimum Gasteiger partial charge on any atom is -0.493 e. The third kappa shape index (κ3) is 3.63. The molecule has 1 N–H and O–H groups in total. The molecule has 152 valence electrons. The minimum atomic E-state index is -1.11. The zero-order valence-electron chi connectivity index (χ0n) is 17.3. The highest BCUT2D eigenvalue weighted by atomic mass is 32.1. The number of carboxylic acids is 1. The molecule has 3 aromatic rings. The number of aromatic nitrogens is 1. The molecule has 0 spiro atoms. The third-order valence-corrected chi connectivity index (χ3v) is 5.95. The first-order valence-electron chi connectivity index (χ1n) is 9.72. The molecule has 4 rings (SSSR count). The highest BCUT2D eigenvalue weighted by Crippen LogP contribution is 2.45. The summed E-state index contributed by atoms with van der Waals surface area (Å²) < 4.78 is 11.8. The Morgan fingerprint density at radius 3 is 2.76 bits per heavy atom. The van der Waals surface area contributed by atoms with E-state index in [4.69, 9.17) is 14.5 Å². The minimum absolute atomic E-state index is 0.617. The molecule has 0 radical (unpaired) electrons. The highest BCUT2D eigenvalue weighted by molar-refractivity contribution is 7.18. The molecule has 0 aliphatic carbocycles. The fraction of sp³-hybridized carbons (Fsp3) is 0.391. The van der Waals surface area contributed by atoms with Gasteiger partial charge in [0.05, 0.1) is 12.2 Å². The predicted molar refractivity (Wildman–Crippen MR) is 115 cm³/mol. The second-order valence-corrected chi connectivity index (χ2v) is 9.63. The second-order valence-electron chi connectivity index (χ2n) is 8.39. The van der Waals surface area contributed by atoms with E-state index >= 15 is 0 Å². The summed E-state index contributed by atoms with van der Waals surface area (Å²) in [7, 11) is 0. The van der Waals surface area contributed by atoms with Crippen LogP contribution < -0.4 is 4.74 Å². The number of hydrogen-bond donors (Lipinski definition) is 1. The van der Waals surface area contributed by atoms with Gasteiger partial charge in [-0.3, -0.25) is 0 Å². The number of rotatable bonds is 4. The molecule has 1 aliphatic heterocycles. The van der Waals surface area contributed by atoms with Crippen molar-refractivity contribution in [2.24, 2.45) is 0 Å². The average molecular weight is 412 g/mol. The fourth-order valence-corrected chi connectivity index (χ4v) is 4.89. The zero-order valence-corrected chi connectivity index (χ0v) is 18.1. The maximum Gasteiger partial charge on any atom is 0.337 e. The molecule has 5 nitrogen and oxygen atoms in total. The number of fused-ring (bicyclic) bond motifs is 2. The molecule has 0 amide bonds. The van der Waals surface area contributed by atoms with Crippen LogP contribution in [0.15, 0.2) is 24.3 Å². The van der Waals surface area contributed by atoms with E-state index in [0.29, 0.717) is 17.9 Å². The SMILES string of the molecule is Cc1cc2c(-c3cccc4c3CCO4)c([C@H](OC(C)(C)C)C(=O)O)c(C)nc2s1. The van der Waals surface area contributed by atoms with Crippen molar-refractivity contribution in [1.82, 2.24) is 4.98 Å². The van der Waals surface area contributed by atoms with Crippen LogP contribution in [-0.4, -0.2) is 28.3 Å². The summed E-state index contributed by atoms with van der Waals surface area (Å²) in [6, 6.07) is 8.07. The van der Waals surface area contributed by atoms with E-state index in [1.807, 2.05) is 52.8 Å². The Balaban J connectivity index is 2.08. The van der Waals surface area contributed by atoms with Crippen molar-refractivity contribution in [3.63, 3.8) is 0 Å². The van der Waals surface area contributed by atoms with Gasteiger partial charge in [-0.25, -0.2) is 9.78 Å². The van der Waals surface area contributed by atoms with Crippen molar-refractivity contribution in [3.8, 4) is 16.9 Å². The van der Waals surface area contributed by atoms with E-state index in [9.17, 15) is 9.90 Å². The van der Waals surface area contributed by atoms with Crippen molar-refractivity contribution >= 4 is 27.5 Å².